The summed E-state index contributed by atoms with van der Waals surface area (Å²) in [5.41, 5.74) is 5.93. The Morgan fingerprint density at radius 1 is 1.00 bits per heavy atom. The van der Waals surface area contributed by atoms with Crippen molar-refractivity contribution in [2.45, 2.75) is 12.8 Å². The number of rotatable bonds is 3. The number of benzene rings is 2. The highest BCUT2D eigenvalue weighted by molar-refractivity contribution is 9.10. The van der Waals surface area contributed by atoms with Crippen LogP contribution in [0.2, 0.25) is 0 Å². The number of aromatic amines is 1. The number of carbonyl (C=O) groups is 3. The predicted octanol–water partition coefficient (Wildman–Crippen LogP) is 3.24. The number of nitrogens with zero attached hydrogens (tertiary/aromatic N) is 1. The molecule has 3 amide bonds. The lowest BCUT2D eigenvalue weighted by molar-refractivity contribution is -0.127. The van der Waals surface area contributed by atoms with Crippen LogP contribution in [0.4, 0.5) is 0 Å². The number of hydrazine groups is 1. The lowest BCUT2D eigenvalue weighted by Crippen LogP contribution is -2.48. The molecule has 7 nitrogen and oxygen atoms in total. The zero-order valence-corrected chi connectivity index (χ0v) is 17.7. The van der Waals surface area contributed by atoms with E-state index in [1.807, 2.05) is 42.5 Å². The first-order chi connectivity index (χ1) is 14.5. The van der Waals surface area contributed by atoms with Crippen molar-refractivity contribution < 1.29 is 14.4 Å². The summed E-state index contributed by atoms with van der Waals surface area (Å²) in [5.74, 6) is -0.933. The van der Waals surface area contributed by atoms with Crippen LogP contribution in [0.5, 0.6) is 0 Å². The van der Waals surface area contributed by atoms with Gasteiger partial charge < -0.3 is 9.88 Å². The SMILES string of the molecule is O=C(NNC(=O)C1CCN(C(=O)c2cccc3ccccc23)CC1)c1cc(Br)c[nH]1. The number of hydrogen-bond acceptors (Lipinski definition) is 3. The fourth-order valence-electron chi connectivity index (χ4n) is 3.71. The van der Waals surface area contributed by atoms with E-state index >= 15 is 0 Å². The van der Waals surface area contributed by atoms with Crippen molar-refractivity contribution in [3.05, 3.63) is 70.5 Å². The highest BCUT2D eigenvalue weighted by Crippen LogP contribution is 2.23. The van der Waals surface area contributed by atoms with E-state index in [2.05, 4.69) is 31.8 Å². The van der Waals surface area contributed by atoms with Crippen LogP contribution in [0.1, 0.15) is 33.7 Å². The summed E-state index contributed by atoms with van der Waals surface area (Å²) in [6, 6.07) is 15.2. The molecule has 1 aromatic heterocycles. The maximum atomic E-state index is 13.0. The fourth-order valence-corrected chi connectivity index (χ4v) is 4.06. The molecule has 0 aliphatic carbocycles. The van der Waals surface area contributed by atoms with Gasteiger partial charge in [0.25, 0.3) is 11.8 Å². The topological polar surface area (TPSA) is 94.3 Å². The molecular weight excluding hydrogens is 448 g/mol. The summed E-state index contributed by atoms with van der Waals surface area (Å²) in [6.45, 7) is 0.995. The predicted molar refractivity (Wildman–Crippen MR) is 117 cm³/mol. The number of nitrogens with one attached hydrogen (secondary N) is 3. The second-order valence-corrected chi connectivity index (χ2v) is 8.18. The van der Waals surface area contributed by atoms with Gasteiger partial charge in [-0.25, -0.2) is 0 Å². The summed E-state index contributed by atoms with van der Waals surface area (Å²) in [7, 11) is 0. The quantitative estimate of drug-likeness (QED) is 0.514. The maximum absolute atomic E-state index is 13.0. The molecule has 0 spiro atoms. The standard InChI is InChI=1S/C22H21BrN4O3/c23-16-12-19(24-13-16)21(29)26-25-20(28)15-8-10-27(11-9-15)22(30)18-7-3-5-14-4-1-2-6-17(14)18/h1-7,12-13,15,24H,8-11H2,(H,25,28)(H,26,29). The van der Waals surface area contributed by atoms with E-state index in [0.29, 0.717) is 37.2 Å². The largest absolute Gasteiger partial charge is 0.356 e. The minimum Gasteiger partial charge on any atom is -0.356 e. The van der Waals surface area contributed by atoms with Crippen LogP contribution in [0.25, 0.3) is 10.8 Å². The van der Waals surface area contributed by atoms with Crippen LogP contribution in [0.3, 0.4) is 0 Å². The van der Waals surface area contributed by atoms with Crippen molar-refractivity contribution >= 4 is 44.4 Å². The molecular formula is C22H21BrN4O3. The van der Waals surface area contributed by atoms with Crippen molar-refractivity contribution in [2.24, 2.45) is 5.92 Å². The molecule has 30 heavy (non-hydrogen) atoms. The van der Waals surface area contributed by atoms with E-state index in [4.69, 9.17) is 0 Å². The van der Waals surface area contributed by atoms with Gasteiger partial charge in [-0.05, 0) is 51.7 Å². The molecule has 2 heterocycles. The zero-order chi connectivity index (χ0) is 21.1. The first-order valence-corrected chi connectivity index (χ1v) is 10.5. The molecule has 4 rings (SSSR count). The Bertz CT molecular complexity index is 1100. The van der Waals surface area contributed by atoms with Gasteiger partial charge >= 0.3 is 0 Å². The minimum atomic E-state index is -0.419. The third-order valence-corrected chi connectivity index (χ3v) is 5.82. The van der Waals surface area contributed by atoms with E-state index in [9.17, 15) is 14.4 Å². The lowest BCUT2D eigenvalue weighted by Gasteiger charge is -2.31. The number of fused-ring (bicyclic) bond motifs is 1. The molecule has 1 aliphatic rings. The van der Waals surface area contributed by atoms with Gasteiger partial charge in [0, 0.05) is 35.2 Å². The number of halogens is 1. The number of hydrogen-bond donors (Lipinski definition) is 3. The molecule has 0 bridgehead atoms. The van der Waals surface area contributed by atoms with Crippen molar-refractivity contribution in [1.82, 2.24) is 20.7 Å². The zero-order valence-electron chi connectivity index (χ0n) is 16.2. The number of aromatic nitrogens is 1. The molecule has 1 saturated heterocycles. The molecule has 0 unspecified atom stereocenters. The Labute approximate surface area is 181 Å². The molecule has 0 atom stereocenters. The van der Waals surface area contributed by atoms with Gasteiger partial charge in [-0.2, -0.15) is 0 Å². The number of amides is 3. The highest BCUT2D eigenvalue weighted by atomic mass is 79.9. The second kappa shape index (κ2) is 8.71. The van der Waals surface area contributed by atoms with Crippen LogP contribution in [0, 0.1) is 5.92 Å². The average Bonchev–Trinajstić information content (AvgIpc) is 3.23. The number of carbonyl (C=O) groups excluding carboxylic acids is 3. The molecule has 3 aromatic rings. The molecule has 2 aromatic carbocycles. The second-order valence-electron chi connectivity index (χ2n) is 7.27. The minimum absolute atomic E-state index is 0.0173. The smallest absolute Gasteiger partial charge is 0.286 e. The Kier molecular flexibility index (Phi) is 5.85. The van der Waals surface area contributed by atoms with Gasteiger partial charge in [0.15, 0.2) is 0 Å². The Morgan fingerprint density at radius 2 is 1.73 bits per heavy atom. The maximum Gasteiger partial charge on any atom is 0.286 e. The van der Waals surface area contributed by atoms with E-state index in [1.54, 1.807) is 17.2 Å². The van der Waals surface area contributed by atoms with Crippen LogP contribution < -0.4 is 10.9 Å². The third-order valence-electron chi connectivity index (χ3n) is 5.36. The van der Waals surface area contributed by atoms with Crippen molar-refractivity contribution in [3.8, 4) is 0 Å². The van der Waals surface area contributed by atoms with Crippen LogP contribution in [0.15, 0.2) is 59.2 Å². The van der Waals surface area contributed by atoms with Gasteiger partial charge in [-0.1, -0.05) is 36.4 Å². The summed E-state index contributed by atoms with van der Waals surface area (Å²) in [4.78, 5) is 42.0. The number of H-pyrrole nitrogens is 1. The van der Waals surface area contributed by atoms with Gasteiger partial charge in [0.05, 0.1) is 0 Å². The van der Waals surface area contributed by atoms with Gasteiger partial charge in [0.2, 0.25) is 5.91 Å². The average molecular weight is 469 g/mol. The Morgan fingerprint density at radius 3 is 2.47 bits per heavy atom. The number of piperidine rings is 1. The Balaban J connectivity index is 1.32. The van der Waals surface area contributed by atoms with Crippen LogP contribution in [-0.2, 0) is 4.79 Å². The van der Waals surface area contributed by atoms with Gasteiger partial charge in [-0.15, -0.1) is 0 Å². The number of likely N-dealkylation sites (tertiary alicyclic amines) is 1. The highest BCUT2D eigenvalue weighted by Gasteiger charge is 2.28. The van der Waals surface area contributed by atoms with Crippen molar-refractivity contribution in [3.63, 3.8) is 0 Å². The molecule has 1 aliphatic heterocycles. The van der Waals surface area contributed by atoms with E-state index in [0.717, 1.165) is 15.2 Å². The first-order valence-electron chi connectivity index (χ1n) is 9.74. The molecule has 8 heteroatoms. The summed E-state index contributed by atoms with van der Waals surface area (Å²) < 4.78 is 0.752. The lowest BCUT2D eigenvalue weighted by atomic mass is 9.95. The Hall–Kier alpha value is -3.13. The van der Waals surface area contributed by atoms with Gasteiger partial charge in [0.1, 0.15) is 5.69 Å². The van der Waals surface area contributed by atoms with E-state index in [-0.39, 0.29) is 17.7 Å². The summed E-state index contributed by atoms with van der Waals surface area (Å²) >= 11 is 3.26. The fraction of sp³-hybridized carbons (Fsp3) is 0.227. The summed E-state index contributed by atoms with van der Waals surface area (Å²) in [5, 5.41) is 1.96. The summed E-state index contributed by atoms with van der Waals surface area (Å²) in [6.07, 6.45) is 2.73. The van der Waals surface area contributed by atoms with Crippen molar-refractivity contribution in [2.75, 3.05) is 13.1 Å². The molecule has 0 saturated carbocycles. The van der Waals surface area contributed by atoms with Crippen molar-refractivity contribution in [1.29, 1.82) is 0 Å². The monoisotopic (exact) mass is 468 g/mol. The molecule has 1 fully saturated rings. The molecule has 3 N–H and O–H groups in total. The molecule has 154 valence electrons. The van der Waals surface area contributed by atoms with Crippen LogP contribution >= 0.6 is 15.9 Å². The van der Waals surface area contributed by atoms with Gasteiger partial charge in [-0.3, -0.25) is 25.2 Å². The first kappa shape index (κ1) is 20.2. The van der Waals surface area contributed by atoms with E-state index < -0.39 is 5.91 Å². The van der Waals surface area contributed by atoms with Crippen LogP contribution in [-0.4, -0.2) is 40.7 Å². The normalized spacial score (nSPS) is 14.5. The molecule has 0 radical (unpaired) electrons. The third kappa shape index (κ3) is 4.23. The van der Waals surface area contributed by atoms with E-state index in [1.165, 1.54) is 0 Å².